The first kappa shape index (κ1) is 14.5. The molecule has 4 nitrogen and oxygen atoms in total. The molecule has 0 saturated carbocycles. The third kappa shape index (κ3) is 2.86. The fraction of sp³-hybridized carbons (Fsp3) is 0.100. The van der Waals surface area contributed by atoms with Crippen LogP contribution >= 0.6 is 0 Å². The lowest BCUT2D eigenvalue weighted by Gasteiger charge is -2.08. The number of aryl methyl sites for hydroxylation is 1. The Labute approximate surface area is 139 Å². The van der Waals surface area contributed by atoms with Crippen LogP contribution in [0.25, 0.3) is 22.6 Å². The van der Waals surface area contributed by atoms with Crippen molar-refractivity contribution < 1.29 is 9.15 Å². The topological polar surface area (TPSA) is 48.2 Å². The third-order valence-electron chi connectivity index (χ3n) is 3.80. The summed E-state index contributed by atoms with van der Waals surface area (Å²) in [5.74, 6) is 1.20. The molecule has 0 amide bonds. The molecule has 0 spiro atoms. The van der Waals surface area contributed by atoms with E-state index < -0.39 is 0 Å². The summed E-state index contributed by atoms with van der Waals surface area (Å²) >= 11 is 0. The van der Waals surface area contributed by atoms with Crippen LogP contribution in [-0.4, -0.2) is 9.97 Å². The van der Waals surface area contributed by atoms with Crippen LogP contribution in [0.3, 0.4) is 0 Å². The average molecular weight is 316 g/mol. The van der Waals surface area contributed by atoms with E-state index >= 15 is 0 Å². The number of hydrogen-bond donors (Lipinski definition) is 0. The number of nitrogens with zero attached hydrogens (tertiary/aromatic N) is 2. The summed E-state index contributed by atoms with van der Waals surface area (Å²) in [5.41, 5.74) is 4.66. The number of benzene rings is 2. The van der Waals surface area contributed by atoms with E-state index in [0.717, 1.165) is 27.8 Å². The molecule has 0 atom stereocenters. The van der Waals surface area contributed by atoms with Crippen LogP contribution in [0.15, 0.2) is 71.4 Å². The molecule has 0 unspecified atom stereocenters. The number of pyridine rings is 1. The molecule has 0 aliphatic heterocycles. The van der Waals surface area contributed by atoms with E-state index in [1.807, 2.05) is 61.5 Å². The van der Waals surface area contributed by atoms with Crippen LogP contribution in [-0.2, 0) is 6.61 Å². The molecule has 2 aromatic carbocycles. The number of oxazole rings is 1. The number of ether oxygens (including phenoxy) is 1. The van der Waals surface area contributed by atoms with Crippen molar-refractivity contribution in [3.63, 3.8) is 0 Å². The van der Waals surface area contributed by atoms with Gasteiger partial charge in [-0.15, -0.1) is 0 Å². The summed E-state index contributed by atoms with van der Waals surface area (Å²) in [7, 11) is 0. The smallest absolute Gasteiger partial charge is 0.231 e. The molecule has 4 rings (SSSR count). The van der Waals surface area contributed by atoms with Gasteiger partial charge in [0.2, 0.25) is 5.89 Å². The van der Waals surface area contributed by atoms with Gasteiger partial charge in [-0.2, -0.15) is 0 Å². The minimum Gasteiger partial charge on any atom is -0.486 e. The van der Waals surface area contributed by atoms with Crippen molar-refractivity contribution in [2.75, 3.05) is 0 Å². The SMILES string of the molecule is Cc1ccc2oc(-c3ccncc3OCc3ccccc3)nc2c1. The molecule has 0 aliphatic rings. The number of aromatic nitrogens is 2. The minimum atomic E-state index is 0.471. The molecule has 0 saturated heterocycles. The van der Waals surface area contributed by atoms with Crippen molar-refractivity contribution in [3.8, 4) is 17.2 Å². The van der Waals surface area contributed by atoms with Crippen molar-refractivity contribution in [1.29, 1.82) is 0 Å². The molecule has 0 bridgehead atoms. The van der Waals surface area contributed by atoms with Crippen molar-refractivity contribution in [3.05, 3.63) is 78.1 Å². The molecule has 118 valence electrons. The molecule has 0 aliphatic carbocycles. The van der Waals surface area contributed by atoms with Gasteiger partial charge < -0.3 is 9.15 Å². The van der Waals surface area contributed by atoms with Gasteiger partial charge in [0, 0.05) is 6.20 Å². The first-order chi connectivity index (χ1) is 11.8. The molecular formula is C20H16N2O2. The maximum Gasteiger partial charge on any atom is 0.231 e. The first-order valence-electron chi connectivity index (χ1n) is 7.78. The van der Waals surface area contributed by atoms with Gasteiger partial charge in [-0.1, -0.05) is 36.4 Å². The normalized spacial score (nSPS) is 10.9. The third-order valence-corrected chi connectivity index (χ3v) is 3.80. The fourth-order valence-electron chi connectivity index (χ4n) is 2.56. The van der Waals surface area contributed by atoms with E-state index in [1.54, 1.807) is 12.4 Å². The van der Waals surface area contributed by atoms with Gasteiger partial charge in [-0.3, -0.25) is 4.98 Å². The fourth-order valence-corrected chi connectivity index (χ4v) is 2.56. The molecule has 4 aromatic rings. The summed E-state index contributed by atoms with van der Waals surface area (Å²) in [5, 5.41) is 0. The molecule has 24 heavy (non-hydrogen) atoms. The second-order valence-corrected chi connectivity index (χ2v) is 5.64. The first-order valence-corrected chi connectivity index (χ1v) is 7.78. The van der Waals surface area contributed by atoms with Gasteiger partial charge in [0.15, 0.2) is 11.3 Å². The maximum atomic E-state index is 5.93. The Morgan fingerprint density at radius 1 is 1.04 bits per heavy atom. The zero-order chi connectivity index (χ0) is 16.4. The molecule has 2 aromatic heterocycles. The standard InChI is InChI=1S/C20H16N2O2/c1-14-7-8-18-17(11-14)22-20(24-18)16-9-10-21-12-19(16)23-13-15-5-3-2-4-6-15/h2-12H,13H2,1H3. The predicted molar refractivity (Wildman–Crippen MR) is 92.8 cm³/mol. The van der Waals surface area contributed by atoms with Crippen molar-refractivity contribution in [2.24, 2.45) is 0 Å². The Morgan fingerprint density at radius 3 is 2.79 bits per heavy atom. The molecule has 0 N–H and O–H groups in total. The largest absolute Gasteiger partial charge is 0.486 e. The Bertz CT molecular complexity index is 977. The van der Waals surface area contributed by atoms with E-state index in [0.29, 0.717) is 18.2 Å². The average Bonchev–Trinajstić information content (AvgIpc) is 3.04. The number of fused-ring (bicyclic) bond motifs is 1. The van der Waals surface area contributed by atoms with Gasteiger partial charge in [0.05, 0.1) is 11.8 Å². The summed E-state index contributed by atoms with van der Waals surface area (Å²) in [6.45, 7) is 2.51. The maximum absolute atomic E-state index is 5.93. The molecule has 4 heteroatoms. The highest BCUT2D eigenvalue weighted by Crippen LogP contribution is 2.31. The summed E-state index contributed by atoms with van der Waals surface area (Å²) < 4.78 is 11.8. The van der Waals surface area contributed by atoms with Crippen LogP contribution < -0.4 is 4.74 Å². The van der Waals surface area contributed by atoms with Gasteiger partial charge in [0.25, 0.3) is 0 Å². The molecule has 2 heterocycles. The molecular weight excluding hydrogens is 300 g/mol. The lowest BCUT2D eigenvalue weighted by atomic mass is 10.2. The van der Waals surface area contributed by atoms with E-state index in [2.05, 4.69) is 9.97 Å². The van der Waals surface area contributed by atoms with E-state index in [9.17, 15) is 0 Å². The summed E-state index contributed by atoms with van der Waals surface area (Å²) in [4.78, 5) is 8.74. The number of rotatable bonds is 4. The van der Waals surface area contributed by atoms with Crippen molar-refractivity contribution >= 4 is 11.1 Å². The van der Waals surface area contributed by atoms with E-state index in [4.69, 9.17) is 9.15 Å². The van der Waals surface area contributed by atoms with Crippen LogP contribution in [0.5, 0.6) is 5.75 Å². The molecule has 0 fully saturated rings. The van der Waals surface area contributed by atoms with Gasteiger partial charge in [-0.25, -0.2) is 4.98 Å². The van der Waals surface area contributed by atoms with Crippen molar-refractivity contribution in [2.45, 2.75) is 13.5 Å². The highest BCUT2D eigenvalue weighted by molar-refractivity contribution is 5.78. The second-order valence-electron chi connectivity index (χ2n) is 5.64. The highest BCUT2D eigenvalue weighted by Gasteiger charge is 2.13. The lowest BCUT2D eigenvalue weighted by Crippen LogP contribution is -1.97. The van der Waals surface area contributed by atoms with Crippen LogP contribution in [0.4, 0.5) is 0 Å². The van der Waals surface area contributed by atoms with E-state index in [-0.39, 0.29) is 0 Å². The van der Waals surface area contributed by atoms with Gasteiger partial charge in [0.1, 0.15) is 12.1 Å². The van der Waals surface area contributed by atoms with Gasteiger partial charge >= 0.3 is 0 Å². The quantitative estimate of drug-likeness (QED) is 0.544. The zero-order valence-electron chi connectivity index (χ0n) is 13.3. The van der Waals surface area contributed by atoms with Gasteiger partial charge in [-0.05, 0) is 36.2 Å². The monoisotopic (exact) mass is 316 g/mol. The Hall–Kier alpha value is -3.14. The predicted octanol–water partition coefficient (Wildman–Crippen LogP) is 4.78. The highest BCUT2D eigenvalue weighted by atomic mass is 16.5. The Morgan fingerprint density at radius 2 is 1.92 bits per heavy atom. The van der Waals surface area contributed by atoms with Crippen LogP contribution in [0, 0.1) is 6.92 Å². The van der Waals surface area contributed by atoms with Crippen LogP contribution in [0.2, 0.25) is 0 Å². The lowest BCUT2D eigenvalue weighted by molar-refractivity contribution is 0.305. The zero-order valence-corrected chi connectivity index (χ0v) is 13.3. The van der Waals surface area contributed by atoms with E-state index in [1.165, 1.54) is 0 Å². The summed E-state index contributed by atoms with van der Waals surface area (Å²) in [6.07, 6.45) is 3.41. The minimum absolute atomic E-state index is 0.471. The van der Waals surface area contributed by atoms with Crippen molar-refractivity contribution in [1.82, 2.24) is 9.97 Å². The number of hydrogen-bond acceptors (Lipinski definition) is 4. The summed E-state index contributed by atoms with van der Waals surface area (Å²) in [6, 6.07) is 17.8. The Kier molecular flexibility index (Phi) is 3.71. The van der Waals surface area contributed by atoms with Crippen LogP contribution in [0.1, 0.15) is 11.1 Å². The Balaban J connectivity index is 1.67. The molecule has 0 radical (unpaired) electrons. The second kappa shape index (κ2) is 6.16.